The number of halogens is 3. The molecule has 7 heterocycles. The van der Waals surface area contributed by atoms with E-state index in [2.05, 4.69) is 54.7 Å². The summed E-state index contributed by atoms with van der Waals surface area (Å²) in [5, 5.41) is 5.13. The van der Waals surface area contributed by atoms with Crippen LogP contribution in [0.1, 0.15) is 11.6 Å². The van der Waals surface area contributed by atoms with Crippen LogP contribution in [-0.2, 0) is 32.0 Å². The van der Waals surface area contributed by atoms with Crippen molar-refractivity contribution in [2.75, 3.05) is 24.7 Å². The molecule has 9 atom stereocenters. The van der Waals surface area contributed by atoms with Gasteiger partial charge in [-0.05, 0) is 6.07 Å². The van der Waals surface area contributed by atoms with Crippen LogP contribution in [0.5, 0.6) is 0 Å². The SMILES string of the molecule is Nc1nc2c(ncn2[C@@H]2S[C@@H]3COP(=O)(S)O[C@@H]4[C@@H](COP(=O)(S)O[C@@H]2[C@H]3F)O[C@H](n2nnc3c(N)ccnc32)C4(F)F)c(=O)[nH]1. The number of fused-ring (bicyclic) bond motifs is 5. The van der Waals surface area contributed by atoms with Gasteiger partial charge in [0.1, 0.15) is 23.8 Å². The van der Waals surface area contributed by atoms with Crippen molar-refractivity contribution >= 4 is 83.8 Å². The van der Waals surface area contributed by atoms with Crippen molar-refractivity contribution in [1.29, 1.82) is 0 Å². The molecule has 2 unspecified atom stereocenters. The van der Waals surface area contributed by atoms with Gasteiger partial charge in [0.05, 0.1) is 30.5 Å². The highest BCUT2D eigenvalue weighted by Gasteiger charge is 2.64. The van der Waals surface area contributed by atoms with Crippen molar-refractivity contribution in [2.45, 2.75) is 47.3 Å². The third-order valence-corrected chi connectivity index (χ3v) is 12.0. The van der Waals surface area contributed by atoms with Gasteiger partial charge in [0.25, 0.3) is 5.56 Å². The lowest BCUT2D eigenvalue weighted by atomic mass is 10.1. The fourth-order valence-electron chi connectivity index (χ4n) is 5.21. The second-order valence-corrected chi connectivity index (χ2v) is 17.3. The number of anilines is 2. The van der Waals surface area contributed by atoms with Crippen LogP contribution in [0.3, 0.4) is 0 Å². The number of H-pyrrole nitrogens is 1. The van der Waals surface area contributed by atoms with E-state index in [9.17, 15) is 13.9 Å². The number of aromatic amines is 1. The Bertz CT molecular complexity index is 2000. The summed E-state index contributed by atoms with van der Waals surface area (Å²) in [6.07, 6.45) is -7.67. The van der Waals surface area contributed by atoms with Crippen molar-refractivity contribution in [3.8, 4) is 0 Å². The van der Waals surface area contributed by atoms with E-state index in [0.29, 0.717) is 4.68 Å². The van der Waals surface area contributed by atoms with E-state index in [-0.39, 0.29) is 34.0 Å². The average molecular weight is 745 g/mol. The molecule has 5 N–H and O–H groups in total. The maximum Gasteiger partial charge on any atom is 0.386 e. The van der Waals surface area contributed by atoms with Crippen molar-refractivity contribution in [1.82, 2.24) is 39.5 Å². The molecular weight excluding hydrogens is 723 g/mol. The van der Waals surface area contributed by atoms with Gasteiger partial charge in [-0.2, -0.15) is 18.4 Å². The Morgan fingerprint density at radius 1 is 1.09 bits per heavy atom. The van der Waals surface area contributed by atoms with Gasteiger partial charge in [0.15, 0.2) is 28.4 Å². The molecule has 248 valence electrons. The number of hydrogen-bond donors (Lipinski definition) is 5. The summed E-state index contributed by atoms with van der Waals surface area (Å²) in [6.45, 7) is -10.9. The molecule has 0 amide bonds. The highest BCUT2D eigenvalue weighted by Crippen LogP contribution is 2.63. The lowest BCUT2D eigenvalue weighted by molar-refractivity contribution is -0.139. The fourth-order valence-corrected chi connectivity index (χ4v) is 9.79. The van der Waals surface area contributed by atoms with Gasteiger partial charge < -0.3 is 16.2 Å². The van der Waals surface area contributed by atoms with E-state index < -0.39 is 79.6 Å². The van der Waals surface area contributed by atoms with Gasteiger partial charge in [-0.25, -0.2) is 23.5 Å². The number of nitrogen functional groups attached to an aromatic ring is 2. The highest BCUT2D eigenvalue weighted by molar-refractivity contribution is 8.44. The smallest absolute Gasteiger partial charge is 0.386 e. The Hall–Kier alpha value is -2.40. The van der Waals surface area contributed by atoms with E-state index >= 15 is 13.2 Å². The number of alkyl halides is 3. The van der Waals surface area contributed by atoms with Crippen LogP contribution in [-0.4, -0.2) is 88.4 Å². The van der Waals surface area contributed by atoms with Crippen molar-refractivity contribution in [3.05, 3.63) is 28.9 Å². The molecule has 2 bridgehead atoms. The number of ether oxygens (including phenoxy) is 1. The fraction of sp³-hybridized carbons (Fsp3) is 0.500. The standard InChI is InChI=1S/C20H21F3N10O8P2S3/c21-9-8-4-38-43(36,45)41-13-7(39-18(20(13,22)23)33-14-10(30-31-33)6(24)1-2-26-14)3-37-42(35,44)40-12(9)17(46-8)32-5-27-11-15(32)28-19(25)29-16(11)34/h1-2,5,7-9,12-13,17-18H,3-4H2,(H2,24,26)(H,35,44)(H,36,45)(H3,25,28,29,34)/t7-,8-,9+,12-,13-,17-,18+,42?,43?/m1/s1. The molecule has 3 saturated heterocycles. The van der Waals surface area contributed by atoms with Crippen LogP contribution in [0.4, 0.5) is 24.8 Å². The van der Waals surface area contributed by atoms with E-state index in [1.807, 2.05) is 0 Å². The Balaban J connectivity index is 1.23. The van der Waals surface area contributed by atoms with Crippen molar-refractivity contribution in [2.24, 2.45) is 0 Å². The number of pyridine rings is 1. The number of nitrogens with one attached hydrogen (secondary N) is 1. The summed E-state index contributed by atoms with van der Waals surface area (Å²) in [5.41, 5.74) is 10.6. The number of hydrogen-bond acceptors (Lipinski definition) is 16. The Morgan fingerprint density at radius 2 is 1.83 bits per heavy atom. The molecule has 0 spiro atoms. The topological polar surface area (TPSA) is 240 Å². The first-order valence-electron chi connectivity index (χ1n) is 13.0. The summed E-state index contributed by atoms with van der Waals surface area (Å²) in [5.74, 6) is -4.28. The second kappa shape index (κ2) is 11.3. The number of thioether (sulfide) groups is 1. The third-order valence-electron chi connectivity index (χ3n) is 7.26. The van der Waals surface area contributed by atoms with E-state index in [1.165, 1.54) is 23.2 Å². The van der Waals surface area contributed by atoms with Crippen LogP contribution in [0, 0.1) is 0 Å². The molecule has 0 aromatic carbocycles. The van der Waals surface area contributed by atoms with Crippen molar-refractivity contribution in [3.63, 3.8) is 0 Å². The van der Waals surface area contributed by atoms with E-state index in [1.54, 1.807) is 0 Å². The van der Waals surface area contributed by atoms with Gasteiger partial charge >= 0.3 is 19.5 Å². The second-order valence-electron chi connectivity index (χ2n) is 10.2. The molecule has 3 fully saturated rings. The highest BCUT2D eigenvalue weighted by atomic mass is 32.7. The van der Waals surface area contributed by atoms with Crippen LogP contribution < -0.4 is 17.0 Å². The molecule has 18 nitrogen and oxygen atoms in total. The summed E-state index contributed by atoms with van der Waals surface area (Å²) in [6, 6.07) is 1.39. The van der Waals surface area contributed by atoms with Crippen LogP contribution in [0.15, 0.2) is 23.4 Å². The lowest BCUT2D eigenvalue weighted by Crippen LogP contribution is -2.41. The quantitative estimate of drug-likeness (QED) is 0.146. The first-order chi connectivity index (χ1) is 21.6. The van der Waals surface area contributed by atoms with Gasteiger partial charge in [0.2, 0.25) is 12.2 Å². The molecule has 3 aliphatic rings. The van der Waals surface area contributed by atoms with Crippen LogP contribution in [0.25, 0.3) is 22.3 Å². The normalized spacial score (nSPS) is 36.7. The maximum atomic E-state index is 16.0. The number of rotatable bonds is 2. The zero-order valence-corrected chi connectivity index (χ0v) is 27.0. The van der Waals surface area contributed by atoms with E-state index in [0.717, 1.165) is 11.8 Å². The zero-order valence-electron chi connectivity index (χ0n) is 22.6. The van der Waals surface area contributed by atoms with E-state index in [4.69, 9.17) is 34.3 Å². The minimum absolute atomic E-state index is 0.00846. The average Bonchev–Trinajstić information content (AvgIpc) is 3.71. The molecule has 4 aromatic rings. The summed E-state index contributed by atoms with van der Waals surface area (Å²) in [7, 11) is 0. The van der Waals surface area contributed by atoms with Crippen molar-refractivity contribution < 1.29 is 45.1 Å². The Kier molecular flexibility index (Phi) is 7.93. The molecule has 4 aromatic heterocycles. The largest absolute Gasteiger partial charge is 0.397 e. The Labute approximate surface area is 268 Å². The van der Waals surface area contributed by atoms with Gasteiger partial charge in [-0.3, -0.25) is 32.4 Å². The Morgan fingerprint density at radius 3 is 2.61 bits per heavy atom. The monoisotopic (exact) mass is 744 g/mol. The predicted octanol–water partition coefficient (Wildman–Crippen LogP) is 2.50. The number of imidazole rings is 1. The summed E-state index contributed by atoms with van der Waals surface area (Å²) in [4.78, 5) is 26.7. The maximum absolute atomic E-state index is 16.0. The molecule has 3 aliphatic heterocycles. The third kappa shape index (κ3) is 5.51. The molecule has 46 heavy (non-hydrogen) atoms. The first kappa shape index (κ1) is 32.2. The van der Waals surface area contributed by atoms with Crippen LogP contribution in [0.2, 0.25) is 0 Å². The van der Waals surface area contributed by atoms with Gasteiger partial charge in [-0.15, -0.1) is 16.9 Å². The minimum Gasteiger partial charge on any atom is -0.397 e. The number of nitrogens with zero attached hydrogens (tertiary/aromatic N) is 7. The molecule has 26 heteroatoms. The number of nitrogens with two attached hydrogens (primary N) is 2. The lowest BCUT2D eigenvalue weighted by Gasteiger charge is -2.27. The molecule has 0 aliphatic carbocycles. The number of aromatic nitrogens is 8. The first-order valence-corrected chi connectivity index (χ1v) is 19.3. The summed E-state index contributed by atoms with van der Waals surface area (Å²) < 4.78 is 104. The predicted molar refractivity (Wildman–Crippen MR) is 161 cm³/mol. The molecule has 0 radical (unpaired) electrons. The molecular formula is C20H21F3N10O8P2S3. The van der Waals surface area contributed by atoms with Gasteiger partial charge in [-0.1, -0.05) is 29.7 Å². The zero-order chi connectivity index (χ0) is 32.8. The molecule has 0 saturated carbocycles. The number of thiol groups is 2. The van der Waals surface area contributed by atoms with Crippen LogP contribution >= 0.6 is 49.9 Å². The minimum atomic E-state index is -4.69. The molecule has 7 rings (SSSR count). The van der Waals surface area contributed by atoms with Gasteiger partial charge in [0, 0.05) is 6.20 Å². The summed E-state index contributed by atoms with van der Waals surface area (Å²) >= 11 is 8.65.